The molecule has 9 heteroatoms. The number of fused-ring (bicyclic) bond motifs is 2. The van der Waals surface area contributed by atoms with E-state index in [-0.39, 0.29) is 6.79 Å². The van der Waals surface area contributed by atoms with Crippen molar-refractivity contribution in [2.45, 2.75) is 12.0 Å². The third-order valence-electron chi connectivity index (χ3n) is 6.04. The number of ether oxygens (including phenoxy) is 5. The number of amides is 1. The van der Waals surface area contributed by atoms with Crippen LogP contribution in [0, 0.1) is 11.8 Å². The van der Waals surface area contributed by atoms with Gasteiger partial charge in [-0.2, -0.15) is 0 Å². The molecule has 2 aromatic carbocycles. The summed E-state index contributed by atoms with van der Waals surface area (Å²) in [4.78, 5) is 12.6. The fraction of sp³-hybridized carbons (Fsp3) is 0.409. The number of carbonyl (C=O) groups is 1. The van der Waals surface area contributed by atoms with Crippen molar-refractivity contribution in [1.82, 2.24) is 0 Å². The molecule has 4 atom stereocenters. The highest BCUT2D eigenvalue weighted by Gasteiger charge is 2.46. The zero-order valence-electron chi connectivity index (χ0n) is 17.5. The molecule has 0 aromatic heterocycles. The summed E-state index contributed by atoms with van der Waals surface area (Å²) < 4.78 is 27.3. The molecule has 1 aliphatic heterocycles. The summed E-state index contributed by atoms with van der Waals surface area (Å²) in [5, 5.41) is 21.0. The lowest BCUT2D eigenvalue weighted by Gasteiger charge is -2.40. The molecule has 0 fully saturated rings. The SMILES string of the molecule is COc1cc([C@@H]2c3cc4c(cc3[C@H](O)[C@@H](CO)[C@H]2C(N)=O)OCO4)cc(OC)c1OC. The van der Waals surface area contributed by atoms with Crippen molar-refractivity contribution in [1.29, 1.82) is 0 Å². The Morgan fingerprint density at radius 3 is 2.10 bits per heavy atom. The highest BCUT2D eigenvalue weighted by molar-refractivity contribution is 5.80. The van der Waals surface area contributed by atoms with Crippen molar-refractivity contribution < 1.29 is 38.7 Å². The normalized spacial score (nSPS) is 23.8. The molecular formula is C22H25NO8. The van der Waals surface area contributed by atoms with Crippen molar-refractivity contribution in [2.24, 2.45) is 17.6 Å². The minimum Gasteiger partial charge on any atom is -0.493 e. The maximum atomic E-state index is 12.6. The van der Waals surface area contributed by atoms with Gasteiger partial charge < -0.3 is 39.6 Å². The van der Waals surface area contributed by atoms with Crippen LogP contribution in [0.4, 0.5) is 0 Å². The Kier molecular flexibility index (Phi) is 5.55. The second kappa shape index (κ2) is 8.16. The van der Waals surface area contributed by atoms with Gasteiger partial charge >= 0.3 is 0 Å². The van der Waals surface area contributed by atoms with Crippen molar-refractivity contribution in [3.8, 4) is 28.7 Å². The molecule has 0 radical (unpaired) electrons. The van der Waals surface area contributed by atoms with Crippen molar-refractivity contribution >= 4 is 5.91 Å². The van der Waals surface area contributed by atoms with E-state index in [0.29, 0.717) is 45.4 Å². The van der Waals surface area contributed by atoms with Crippen LogP contribution in [0.5, 0.6) is 28.7 Å². The Labute approximate surface area is 179 Å². The fourth-order valence-electron chi connectivity index (χ4n) is 4.62. The van der Waals surface area contributed by atoms with E-state index < -0.39 is 36.4 Å². The van der Waals surface area contributed by atoms with Gasteiger partial charge in [0.05, 0.1) is 33.4 Å². The van der Waals surface area contributed by atoms with Gasteiger partial charge in [-0.25, -0.2) is 0 Å². The second-order valence-corrected chi connectivity index (χ2v) is 7.49. The molecule has 9 nitrogen and oxygen atoms in total. The molecule has 4 N–H and O–H groups in total. The molecular weight excluding hydrogens is 406 g/mol. The van der Waals surface area contributed by atoms with Crippen LogP contribution >= 0.6 is 0 Å². The van der Waals surface area contributed by atoms with Crippen LogP contribution in [0.3, 0.4) is 0 Å². The molecule has 1 heterocycles. The Bertz CT molecular complexity index is 982. The molecule has 166 valence electrons. The summed E-state index contributed by atoms with van der Waals surface area (Å²) in [6, 6.07) is 6.91. The first kappa shape index (κ1) is 21.1. The van der Waals surface area contributed by atoms with Gasteiger partial charge in [0.1, 0.15) is 0 Å². The van der Waals surface area contributed by atoms with E-state index in [0.717, 1.165) is 0 Å². The summed E-state index contributed by atoms with van der Waals surface area (Å²) in [6.45, 7) is -0.366. The van der Waals surface area contributed by atoms with Crippen molar-refractivity contribution in [3.63, 3.8) is 0 Å². The monoisotopic (exact) mass is 431 g/mol. The number of hydrogen-bond donors (Lipinski definition) is 3. The number of hydrogen-bond acceptors (Lipinski definition) is 8. The van der Waals surface area contributed by atoms with E-state index in [1.165, 1.54) is 21.3 Å². The predicted octanol–water partition coefficient (Wildman–Crippen LogP) is 1.33. The van der Waals surface area contributed by atoms with Gasteiger partial charge in [-0.1, -0.05) is 0 Å². The predicted molar refractivity (Wildman–Crippen MR) is 109 cm³/mol. The zero-order valence-corrected chi connectivity index (χ0v) is 17.5. The first-order valence-corrected chi connectivity index (χ1v) is 9.76. The summed E-state index contributed by atoms with van der Waals surface area (Å²) in [5.74, 6) is -0.709. The average molecular weight is 431 g/mol. The van der Waals surface area contributed by atoms with E-state index in [4.69, 9.17) is 29.4 Å². The summed E-state index contributed by atoms with van der Waals surface area (Å²) in [7, 11) is 4.50. The van der Waals surface area contributed by atoms with E-state index in [9.17, 15) is 15.0 Å². The molecule has 2 aliphatic rings. The molecule has 31 heavy (non-hydrogen) atoms. The van der Waals surface area contributed by atoms with Crippen LogP contribution in [0.15, 0.2) is 24.3 Å². The average Bonchev–Trinajstić information content (AvgIpc) is 3.24. The number of aliphatic hydroxyl groups is 2. The number of methoxy groups -OCH3 is 3. The lowest BCUT2D eigenvalue weighted by molar-refractivity contribution is -0.127. The van der Waals surface area contributed by atoms with Crippen LogP contribution in [0.1, 0.15) is 28.7 Å². The number of nitrogens with two attached hydrogens (primary N) is 1. The lowest BCUT2D eigenvalue weighted by Crippen LogP contribution is -2.43. The topological polar surface area (TPSA) is 130 Å². The maximum absolute atomic E-state index is 12.6. The fourth-order valence-corrected chi connectivity index (χ4v) is 4.62. The molecule has 0 saturated carbocycles. The molecule has 1 aliphatic carbocycles. The van der Waals surface area contributed by atoms with Crippen LogP contribution in [0.2, 0.25) is 0 Å². The van der Waals surface area contributed by atoms with Crippen LogP contribution in [-0.2, 0) is 4.79 Å². The molecule has 4 rings (SSSR count). The molecule has 0 saturated heterocycles. The number of rotatable bonds is 6. The van der Waals surface area contributed by atoms with Gasteiger partial charge in [0.2, 0.25) is 18.4 Å². The molecule has 0 unspecified atom stereocenters. The number of benzene rings is 2. The van der Waals surface area contributed by atoms with Gasteiger partial charge in [-0.05, 0) is 41.0 Å². The van der Waals surface area contributed by atoms with Crippen LogP contribution in [0.25, 0.3) is 0 Å². The van der Waals surface area contributed by atoms with E-state index in [1.807, 2.05) is 0 Å². The maximum Gasteiger partial charge on any atom is 0.231 e. The highest BCUT2D eigenvalue weighted by Crippen LogP contribution is 2.53. The zero-order chi connectivity index (χ0) is 22.3. The van der Waals surface area contributed by atoms with Crippen molar-refractivity contribution in [3.05, 3.63) is 41.0 Å². The Morgan fingerprint density at radius 2 is 1.61 bits per heavy atom. The van der Waals surface area contributed by atoms with E-state index in [2.05, 4.69) is 0 Å². The van der Waals surface area contributed by atoms with E-state index in [1.54, 1.807) is 24.3 Å². The molecule has 2 aromatic rings. The minimum atomic E-state index is -1.11. The van der Waals surface area contributed by atoms with Crippen molar-refractivity contribution in [2.75, 3.05) is 34.7 Å². The smallest absolute Gasteiger partial charge is 0.231 e. The third kappa shape index (κ3) is 3.30. The first-order chi connectivity index (χ1) is 14.9. The lowest BCUT2D eigenvalue weighted by atomic mass is 9.65. The van der Waals surface area contributed by atoms with Gasteiger partial charge in [0, 0.05) is 18.4 Å². The number of aliphatic hydroxyl groups excluding tert-OH is 2. The molecule has 1 amide bonds. The van der Waals surface area contributed by atoms with Gasteiger partial charge in [-0.15, -0.1) is 0 Å². The third-order valence-corrected chi connectivity index (χ3v) is 6.04. The highest BCUT2D eigenvalue weighted by atomic mass is 16.7. The summed E-state index contributed by atoms with van der Waals surface area (Å²) >= 11 is 0. The number of primary amides is 1. The molecule has 0 spiro atoms. The molecule has 0 bridgehead atoms. The Hall–Kier alpha value is -3.17. The first-order valence-electron chi connectivity index (χ1n) is 9.76. The van der Waals surface area contributed by atoms with E-state index >= 15 is 0 Å². The number of carbonyl (C=O) groups excluding carboxylic acids is 1. The summed E-state index contributed by atoms with van der Waals surface area (Å²) in [6.07, 6.45) is -1.11. The van der Waals surface area contributed by atoms with Crippen LogP contribution in [-0.4, -0.2) is 50.8 Å². The Balaban J connectivity index is 1.99. The van der Waals surface area contributed by atoms with Gasteiger partial charge in [0.25, 0.3) is 0 Å². The Morgan fingerprint density at radius 1 is 1.03 bits per heavy atom. The minimum absolute atomic E-state index is 0.0614. The van der Waals surface area contributed by atoms with Gasteiger partial charge in [-0.3, -0.25) is 4.79 Å². The standard InChI is InChI=1S/C22H25NO8/c1-27-16-4-10(5-17(28-2)21(16)29-3)18-11-6-14-15(31-9-30-14)7-12(11)20(25)13(8-24)19(18)22(23)26/h4-7,13,18-20,24-25H,8-9H2,1-3H3,(H2,23,26)/t13-,18+,19+,20-/m0/s1. The van der Waals surface area contributed by atoms with Crippen LogP contribution < -0.4 is 29.4 Å². The summed E-state index contributed by atoms with van der Waals surface area (Å²) in [5.41, 5.74) is 7.64. The largest absolute Gasteiger partial charge is 0.493 e. The van der Waals surface area contributed by atoms with Gasteiger partial charge in [0.15, 0.2) is 23.0 Å². The quantitative estimate of drug-likeness (QED) is 0.625. The second-order valence-electron chi connectivity index (χ2n) is 7.49.